The van der Waals surface area contributed by atoms with E-state index in [1.807, 2.05) is 39.1 Å². The van der Waals surface area contributed by atoms with Gasteiger partial charge in [0.25, 0.3) is 0 Å². The van der Waals surface area contributed by atoms with Gasteiger partial charge in [-0.15, -0.1) is 0 Å². The Morgan fingerprint density at radius 3 is 2.71 bits per heavy atom. The van der Waals surface area contributed by atoms with E-state index in [1.54, 1.807) is 23.1 Å². The first-order valence-electron chi connectivity index (χ1n) is 7.25. The van der Waals surface area contributed by atoms with Gasteiger partial charge in [0.15, 0.2) is 17.2 Å². The molecule has 0 radical (unpaired) electrons. The Hall–Kier alpha value is -2.85. The van der Waals surface area contributed by atoms with Gasteiger partial charge in [-0.25, -0.2) is 9.97 Å². The van der Waals surface area contributed by atoms with Crippen LogP contribution in [0.25, 0.3) is 0 Å². The van der Waals surface area contributed by atoms with Crippen molar-refractivity contribution in [2.75, 3.05) is 0 Å². The van der Waals surface area contributed by atoms with Crippen LogP contribution in [0, 0.1) is 25.2 Å². The van der Waals surface area contributed by atoms with E-state index in [-0.39, 0.29) is 5.69 Å². The first kappa shape index (κ1) is 16.0. The molecule has 24 heavy (non-hydrogen) atoms. The molecule has 6 nitrogen and oxygen atoms in total. The highest BCUT2D eigenvalue weighted by atomic mass is 32.2. The molecule has 0 aliphatic carbocycles. The summed E-state index contributed by atoms with van der Waals surface area (Å²) in [5.74, 6) is 1.06. The molecule has 0 aliphatic rings. The van der Waals surface area contributed by atoms with Gasteiger partial charge in [0.05, 0.1) is 5.69 Å². The van der Waals surface area contributed by atoms with E-state index in [2.05, 4.69) is 21.1 Å². The Morgan fingerprint density at radius 1 is 1.25 bits per heavy atom. The molecular formula is C17H15N5OS. The summed E-state index contributed by atoms with van der Waals surface area (Å²) in [7, 11) is 1.85. The van der Waals surface area contributed by atoms with Gasteiger partial charge in [0, 0.05) is 24.3 Å². The number of aromatic nitrogens is 4. The maximum atomic E-state index is 9.29. The second kappa shape index (κ2) is 6.72. The summed E-state index contributed by atoms with van der Waals surface area (Å²) in [6, 6.07) is 9.57. The van der Waals surface area contributed by atoms with Crippen molar-refractivity contribution < 1.29 is 4.74 Å². The molecule has 0 amide bonds. The number of pyridine rings is 2. The Labute approximate surface area is 144 Å². The first-order valence-corrected chi connectivity index (χ1v) is 8.07. The average molecular weight is 337 g/mol. The van der Waals surface area contributed by atoms with E-state index in [4.69, 9.17) is 4.74 Å². The van der Waals surface area contributed by atoms with E-state index in [1.165, 1.54) is 11.8 Å². The van der Waals surface area contributed by atoms with E-state index in [9.17, 15) is 5.26 Å². The van der Waals surface area contributed by atoms with Crippen LogP contribution >= 0.6 is 11.8 Å². The number of hydrogen-bond acceptors (Lipinski definition) is 6. The molecule has 0 bridgehead atoms. The zero-order valence-electron chi connectivity index (χ0n) is 13.5. The van der Waals surface area contributed by atoms with Crippen molar-refractivity contribution in [1.29, 1.82) is 5.26 Å². The molecule has 0 N–H and O–H groups in total. The SMILES string of the molecule is Cc1nn(C)c(C)c1Oc1cc(Sc2ccccn2)cnc1C#N. The average Bonchev–Trinajstić information content (AvgIpc) is 2.82. The number of hydrogen-bond donors (Lipinski definition) is 0. The second-order valence-corrected chi connectivity index (χ2v) is 6.22. The van der Waals surface area contributed by atoms with Gasteiger partial charge in [0.1, 0.15) is 16.8 Å². The molecule has 0 aromatic carbocycles. The Balaban J connectivity index is 1.94. The molecule has 0 fully saturated rings. The predicted octanol–water partition coefficient (Wildman–Crippen LogP) is 3.64. The third-order valence-electron chi connectivity index (χ3n) is 3.45. The summed E-state index contributed by atoms with van der Waals surface area (Å²) in [6.45, 7) is 3.79. The van der Waals surface area contributed by atoms with Crippen LogP contribution in [0.2, 0.25) is 0 Å². The van der Waals surface area contributed by atoms with Crippen molar-refractivity contribution in [3.8, 4) is 17.6 Å². The van der Waals surface area contributed by atoms with Crippen molar-refractivity contribution in [3.05, 3.63) is 53.7 Å². The number of ether oxygens (including phenoxy) is 1. The van der Waals surface area contributed by atoms with Gasteiger partial charge < -0.3 is 4.74 Å². The molecule has 0 saturated heterocycles. The zero-order valence-corrected chi connectivity index (χ0v) is 14.3. The topological polar surface area (TPSA) is 76.6 Å². The van der Waals surface area contributed by atoms with Gasteiger partial charge in [-0.1, -0.05) is 17.8 Å². The van der Waals surface area contributed by atoms with E-state index < -0.39 is 0 Å². The van der Waals surface area contributed by atoms with Crippen LogP contribution in [0.5, 0.6) is 11.5 Å². The molecule has 3 aromatic heterocycles. The molecule has 0 saturated carbocycles. The highest BCUT2D eigenvalue weighted by molar-refractivity contribution is 7.99. The summed E-state index contributed by atoms with van der Waals surface area (Å²) in [5.41, 5.74) is 1.89. The first-order chi connectivity index (χ1) is 11.6. The van der Waals surface area contributed by atoms with Crippen LogP contribution < -0.4 is 4.74 Å². The maximum Gasteiger partial charge on any atom is 0.183 e. The lowest BCUT2D eigenvalue weighted by Gasteiger charge is -2.09. The summed E-state index contributed by atoms with van der Waals surface area (Å²) in [5, 5.41) is 14.5. The highest BCUT2D eigenvalue weighted by Crippen LogP contribution is 2.33. The molecule has 0 atom stereocenters. The lowest BCUT2D eigenvalue weighted by molar-refractivity contribution is 0.468. The van der Waals surface area contributed by atoms with Gasteiger partial charge >= 0.3 is 0 Å². The van der Waals surface area contributed by atoms with Crippen molar-refractivity contribution in [1.82, 2.24) is 19.7 Å². The summed E-state index contributed by atoms with van der Waals surface area (Å²) in [4.78, 5) is 9.32. The molecule has 0 spiro atoms. The second-order valence-electron chi connectivity index (χ2n) is 5.13. The number of aryl methyl sites for hydroxylation is 2. The van der Waals surface area contributed by atoms with E-state index in [0.29, 0.717) is 11.5 Å². The number of rotatable bonds is 4. The third kappa shape index (κ3) is 3.24. The monoisotopic (exact) mass is 337 g/mol. The minimum atomic E-state index is 0.239. The number of nitrogens with zero attached hydrogens (tertiary/aromatic N) is 5. The molecule has 0 aliphatic heterocycles. The standard InChI is InChI=1S/C17H15N5OS/c1-11-17(12(2)22(3)21-11)23-15-8-13(10-20-14(15)9-18)24-16-6-4-5-7-19-16/h4-8,10H,1-3H3. The van der Waals surface area contributed by atoms with E-state index >= 15 is 0 Å². The highest BCUT2D eigenvalue weighted by Gasteiger charge is 2.15. The lowest BCUT2D eigenvalue weighted by Crippen LogP contribution is -1.95. The maximum absolute atomic E-state index is 9.29. The predicted molar refractivity (Wildman–Crippen MR) is 90.1 cm³/mol. The molecule has 120 valence electrons. The third-order valence-corrected chi connectivity index (χ3v) is 4.36. The van der Waals surface area contributed by atoms with Crippen LogP contribution in [0.3, 0.4) is 0 Å². The van der Waals surface area contributed by atoms with Gasteiger partial charge in [-0.3, -0.25) is 4.68 Å². The van der Waals surface area contributed by atoms with E-state index in [0.717, 1.165) is 21.3 Å². The van der Waals surface area contributed by atoms with Crippen LogP contribution in [-0.4, -0.2) is 19.7 Å². The van der Waals surface area contributed by atoms with Gasteiger partial charge in [-0.05, 0) is 32.0 Å². The quantitative estimate of drug-likeness (QED) is 0.723. The molecule has 0 unspecified atom stereocenters. The Morgan fingerprint density at radius 2 is 2.08 bits per heavy atom. The van der Waals surface area contributed by atoms with Crippen molar-refractivity contribution in [3.63, 3.8) is 0 Å². The van der Waals surface area contributed by atoms with Crippen LogP contribution in [0.1, 0.15) is 17.1 Å². The van der Waals surface area contributed by atoms with Crippen LogP contribution in [0.4, 0.5) is 0 Å². The summed E-state index contributed by atoms with van der Waals surface area (Å²) < 4.78 is 7.71. The largest absolute Gasteiger partial charge is 0.450 e. The fraction of sp³-hybridized carbons (Fsp3) is 0.176. The number of nitriles is 1. The van der Waals surface area contributed by atoms with Crippen molar-refractivity contribution >= 4 is 11.8 Å². The Bertz CT molecular complexity index is 915. The van der Waals surface area contributed by atoms with Crippen molar-refractivity contribution in [2.24, 2.45) is 7.05 Å². The molecule has 3 heterocycles. The minimum Gasteiger partial charge on any atom is -0.450 e. The molecule has 3 rings (SSSR count). The molecular weight excluding hydrogens is 322 g/mol. The van der Waals surface area contributed by atoms with Gasteiger partial charge in [0.2, 0.25) is 0 Å². The zero-order chi connectivity index (χ0) is 17.1. The summed E-state index contributed by atoms with van der Waals surface area (Å²) in [6.07, 6.45) is 3.38. The smallest absolute Gasteiger partial charge is 0.183 e. The molecule has 3 aromatic rings. The fourth-order valence-corrected chi connectivity index (χ4v) is 2.96. The lowest BCUT2D eigenvalue weighted by atomic mass is 10.3. The van der Waals surface area contributed by atoms with Crippen LogP contribution in [-0.2, 0) is 7.05 Å². The minimum absolute atomic E-state index is 0.239. The Kier molecular flexibility index (Phi) is 4.49. The van der Waals surface area contributed by atoms with Crippen molar-refractivity contribution in [2.45, 2.75) is 23.8 Å². The summed E-state index contributed by atoms with van der Waals surface area (Å²) >= 11 is 1.46. The normalized spacial score (nSPS) is 10.4. The fourth-order valence-electron chi connectivity index (χ4n) is 2.18. The molecule has 7 heteroatoms. The van der Waals surface area contributed by atoms with Gasteiger partial charge in [-0.2, -0.15) is 10.4 Å². The van der Waals surface area contributed by atoms with Crippen LogP contribution in [0.15, 0.2) is 46.6 Å².